The molecule has 0 N–H and O–H groups in total. The normalized spacial score (nSPS) is 27.8. The fraction of sp³-hybridized carbons (Fsp3) is 0.636. The van der Waals surface area contributed by atoms with Gasteiger partial charge in [-0.1, -0.05) is 81.4 Å². The zero-order valence-corrected chi connectivity index (χ0v) is 14.1. The largest absolute Gasteiger partial charge is 0.0804 e. The molecule has 0 aliphatic heterocycles. The molecule has 1 aromatic carbocycles. The molecule has 3 rings (SSSR count). The molecule has 1 saturated carbocycles. The first-order valence-electron chi connectivity index (χ1n) is 9.70. The minimum absolute atomic E-state index is 0.820. The summed E-state index contributed by atoms with van der Waals surface area (Å²) in [5.41, 5.74) is 3.18. The Morgan fingerprint density at radius 2 is 1.27 bits per heavy atom. The van der Waals surface area contributed by atoms with Crippen molar-refractivity contribution in [1.29, 1.82) is 0 Å². The molecule has 1 atom stereocenters. The Hall–Kier alpha value is -1.04. The molecular formula is C22H32. The molecule has 0 heteroatoms. The molecule has 1 unspecified atom stereocenters. The van der Waals surface area contributed by atoms with E-state index in [9.17, 15) is 0 Å². The molecular weight excluding hydrogens is 264 g/mol. The number of rotatable bonds is 2. The maximum absolute atomic E-state index is 2.60. The summed E-state index contributed by atoms with van der Waals surface area (Å²) in [7, 11) is 0. The van der Waals surface area contributed by atoms with Crippen molar-refractivity contribution in [1.82, 2.24) is 0 Å². The SMILES string of the molecule is C1=C(/c2ccccc2)C(C2CCCCCCC2)CCCCC/1. The second-order valence-electron chi connectivity index (χ2n) is 7.38. The maximum atomic E-state index is 2.60. The van der Waals surface area contributed by atoms with E-state index >= 15 is 0 Å². The molecule has 0 heterocycles. The Bertz CT molecular complexity index is 448. The van der Waals surface area contributed by atoms with Crippen LogP contribution >= 0.6 is 0 Å². The molecule has 1 fully saturated rings. The molecule has 2 aliphatic rings. The van der Waals surface area contributed by atoms with Gasteiger partial charge in [0.05, 0.1) is 0 Å². The highest BCUT2D eigenvalue weighted by Gasteiger charge is 2.26. The third-order valence-corrected chi connectivity index (χ3v) is 5.81. The van der Waals surface area contributed by atoms with Gasteiger partial charge in [0.25, 0.3) is 0 Å². The second-order valence-corrected chi connectivity index (χ2v) is 7.38. The van der Waals surface area contributed by atoms with Crippen LogP contribution in [0.1, 0.15) is 82.6 Å². The summed E-state index contributed by atoms with van der Waals surface area (Å²) < 4.78 is 0. The van der Waals surface area contributed by atoms with Gasteiger partial charge in [0.15, 0.2) is 0 Å². The zero-order chi connectivity index (χ0) is 15.0. The summed E-state index contributed by atoms with van der Waals surface area (Å²) >= 11 is 0. The Balaban J connectivity index is 1.84. The maximum Gasteiger partial charge on any atom is -0.0131 e. The third kappa shape index (κ3) is 4.24. The standard InChI is InChI=1S/C22H32/c1-2-7-13-19(14-8-3-1)21-17-11-4-5-12-18-22(21)20-15-9-6-10-16-20/h6,9-10,15-16,18-19,21H,1-5,7-8,11-14,17H2/b22-18-. The lowest BCUT2D eigenvalue weighted by Gasteiger charge is -2.32. The Morgan fingerprint density at radius 3 is 2.05 bits per heavy atom. The average Bonchev–Trinajstić information content (AvgIpc) is 2.49. The number of allylic oxidation sites excluding steroid dienone is 2. The lowest BCUT2D eigenvalue weighted by atomic mass is 9.73. The minimum Gasteiger partial charge on any atom is -0.0804 e. The third-order valence-electron chi connectivity index (χ3n) is 5.81. The Labute approximate surface area is 137 Å². The molecule has 0 bridgehead atoms. The van der Waals surface area contributed by atoms with Crippen LogP contribution < -0.4 is 0 Å². The van der Waals surface area contributed by atoms with Gasteiger partial charge < -0.3 is 0 Å². The van der Waals surface area contributed by atoms with Crippen molar-refractivity contribution in [3.05, 3.63) is 42.0 Å². The summed E-state index contributed by atoms with van der Waals surface area (Å²) in [6.45, 7) is 0. The van der Waals surface area contributed by atoms with Crippen LogP contribution in [0.2, 0.25) is 0 Å². The molecule has 0 saturated heterocycles. The molecule has 0 aromatic heterocycles. The second kappa shape index (κ2) is 8.56. The number of hydrogen-bond acceptors (Lipinski definition) is 0. The predicted molar refractivity (Wildman–Crippen MR) is 96.8 cm³/mol. The molecule has 2 aliphatic carbocycles. The summed E-state index contributed by atoms with van der Waals surface area (Å²) in [5, 5.41) is 0. The van der Waals surface area contributed by atoms with Gasteiger partial charge in [0, 0.05) is 0 Å². The van der Waals surface area contributed by atoms with E-state index in [1.165, 1.54) is 82.6 Å². The topological polar surface area (TPSA) is 0 Å². The molecule has 0 amide bonds. The molecule has 0 nitrogen and oxygen atoms in total. The van der Waals surface area contributed by atoms with Gasteiger partial charge in [-0.2, -0.15) is 0 Å². The summed E-state index contributed by atoms with van der Waals surface area (Å²) in [6.07, 6.45) is 19.8. The molecule has 0 radical (unpaired) electrons. The van der Waals surface area contributed by atoms with Crippen molar-refractivity contribution in [3.8, 4) is 0 Å². The van der Waals surface area contributed by atoms with Crippen LogP contribution in [0, 0.1) is 11.8 Å². The Morgan fingerprint density at radius 1 is 0.636 bits per heavy atom. The minimum atomic E-state index is 0.820. The molecule has 1 aromatic rings. The lowest BCUT2D eigenvalue weighted by molar-refractivity contribution is 0.293. The van der Waals surface area contributed by atoms with E-state index in [1.54, 1.807) is 5.57 Å². The first-order valence-corrected chi connectivity index (χ1v) is 9.70. The van der Waals surface area contributed by atoms with Gasteiger partial charge in [-0.25, -0.2) is 0 Å². The molecule has 0 spiro atoms. The quantitative estimate of drug-likeness (QED) is 0.550. The number of benzene rings is 1. The van der Waals surface area contributed by atoms with Crippen LogP contribution in [-0.4, -0.2) is 0 Å². The smallest absolute Gasteiger partial charge is 0.0131 e. The van der Waals surface area contributed by atoms with Crippen LogP contribution in [0.5, 0.6) is 0 Å². The van der Waals surface area contributed by atoms with Gasteiger partial charge in [-0.15, -0.1) is 0 Å². The van der Waals surface area contributed by atoms with Crippen LogP contribution in [-0.2, 0) is 0 Å². The van der Waals surface area contributed by atoms with E-state index in [-0.39, 0.29) is 0 Å². The van der Waals surface area contributed by atoms with E-state index in [2.05, 4.69) is 36.4 Å². The highest BCUT2D eigenvalue weighted by Crippen LogP contribution is 2.41. The first-order chi connectivity index (χ1) is 10.9. The highest BCUT2D eigenvalue weighted by molar-refractivity contribution is 5.67. The van der Waals surface area contributed by atoms with Crippen LogP contribution in [0.15, 0.2) is 36.4 Å². The van der Waals surface area contributed by atoms with E-state index < -0.39 is 0 Å². The zero-order valence-electron chi connectivity index (χ0n) is 14.1. The van der Waals surface area contributed by atoms with Crippen molar-refractivity contribution in [3.63, 3.8) is 0 Å². The highest BCUT2D eigenvalue weighted by atomic mass is 14.3. The first kappa shape index (κ1) is 15.8. The summed E-state index contributed by atoms with van der Waals surface area (Å²) in [5.74, 6) is 1.76. The summed E-state index contributed by atoms with van der Waals surface area (Å²) in [6, 6.07) is 11.2. The van der Waals surface area contributed by atoms with E-state index in [0.717, 1.165) is 11.8 Å². The fourth-order valence-electron chi connectivity index (χ4n) is 4.59. The van der Waals surface area contributed by atoms with Gasteiger partial charge in [-0.05, 0) is 55.1 Å². The predicted octanol–water partition coefficient (Wildman–Crippen LogP) is 7.01. The molecule has 120 valence electrons. The van der Waals surface area contributed by atoms with E-state index in [4.69, 9.17) is 0 Å². The van der Waals surface area contributed by atoms with Crippen LogP contribution in [0.3, 0.4) is 0 Å². The monoisotopic (exact) mass is 296 g/mol. The Kier molecular flexibility index (Phi) is 6.16. The average molecular weight is 296 g/mol. The van der Waals surface area contributed by atoms with Gasteiger partial charge >= 0.3 is 0 Å². The van der Waals surface area contributed by atoms with Gasteiger partial charge in [-0.3, -0.25) is 0 Å². The number of hydrogen-bond donors (Lipinski definition) is 0. The van der Waals surface area contributed by atoms with Crippen molar-refractivity contribution in [2.24, 2.45) is 11.8 Å². The van der Waals surface area contributed by atoms with Crippen molar-refractivity contribution in [2.45, 2.75) is 77.0 Å². The summed E-state index contributed by atoms with van der Waals surface area (Å²) in [4.78, 5) is 0. The molecule has 22 heavy (non-hydrogen) atoms. The van der Waals surface area contributed by atoms with Crippen LogP contribution in [0.25, 0.3) is 5.57 Å². The van der Waals surface area contributed by atoms with E-state index in [0.29, 0.717) is 0 Å². The van der Waals surface area contributed by atoms with Gasteiger partial charge in [0.1, 0.15) is 0 Å². The lowest BCUT2D eigenvalue weighted by Crippen LogP contribution is -2.19. The fourth-order valence-corrected chi connectivity index (χ4v) is 4.59. The van der Waals surface area contributed by atoms with Crippen molar-refractivity contribution < 1.29 is 0 Å². The van der Waals surface area contributed by atoms with Crippen molar-refractivity contribution in [2.75, 3.05) is 0 Å². The van der Waals surface area contributed by atoms with Crippen molar-refractivity contribution >= 4 is 5.57 Å². The van der Waals surface area contributed by atoms with Gasteiger partial charge in [0.2, 0.25) is 0 Å². The van der Waals surface area contributed by atoms with E-state index in [1.807, 2.05) is 0 Å². The van der Waals surface area contributed by atoms with Crippen LogP contribution in [0.4, 0.5) is 0 Å².